The molecule has 64 valence electrons. The van der Waals surface area contributed by atoms with Gasteiger partial charge in [0.1, 0.15) is 0 Å². The van der Waals surface area contributed by atoms with E-state index in [4.69, 9.17) is 0 Å². The van der Waals surface area contributed by atoms with Crippen LogP contribution in [0.15, 0.2) is 0 Å². The van der Waals surface area contributed by atoms with Crippen LogP contribution in [-0.4, -0.2) is 37.6 Å². The van der Waals surface area contributed by atoms with Gasteiger partial charge in [0.15, 0.2) is 0 Å². The SMILES string of the molecule is CNCC1CCN(C2CC2)C1. The van der Waals surface area contributed by atoms with E-state index in [0.29, 0.717) is 0 Å². The Bertz CT molecular complexity index is 132. The zero-order valence-electron chi connectivity index (χ0n) is 7.34. The van der Waals surface area contributed by atoms with Crippen molar-refractivity contribution in [3.63, 3.8) is 0 Å². The molecule has 2 nitrogen and oxygen atoms in total. The lowest BCUT2D eigenvalue weighted by Gasteiger charge is -2.14. The van der Waals surface area contributed by atoms with Crippen molar-refractivity contribution in [3.8, 4) is 0 Å². The van der Waals surface area contributed by atoms with Crippen LogP contribution in [-0.2, 0) is 0 Å². The fourth-order valence-corrected chi connectivity index (χ4v) is 2.09. The molecule has 0 aromatic carbocycles. The molecule has 2 fully saturated rings. The second kappa shape index (κ2) is 3.11. The minimum Gasteiger partial charge on any atom is -0.319 e. The molecule has 2 rings (SSSR count). The van der Waals surface area contributed by atoms with E-state index in [-0.39, 0.29) is 0 Å². The van der Waals surface area contributed by atoms with E-state index in [1.807, 2.05) is 0 Å². The maximum Gasteiger partial charge on any atom is 0.00965 e. The van der Waals surface area contributed by atoms with Crippen LogP contribution in [0.1, 0.15) is 19.3 Å². The Balaban J connectivity index is 1.74. The average molecular weight is 154 g/mol. The van der Waals surface area contributed by atoms with Crippen LogP contribution in [0, 0.1) is 5.92 Å². The van der Waals surface area contributed by atoms with Crippen LogP contribution in [0.25, 0.3) is 0 Å². The largest absolute Gasteiger partial charge is 0.319 e. The first-order valence-electron chi connectivity index (χ1n) is 4.79. The third kappa shape index (κ3) is 1.74. The Morgan fingerprint density at radius 3 is 2.82 bits per heavy atom. The highest BCUT2D eigenvalue weighted by molar-refractivity contribution is 4.89. The molecule has 0 bridgehead atoms. The smallest absolute Gasteiger partial charge is 0.00965 e. The number of hydrogen-bond acceptors (Lipinski definition) is 2. The lowest BCUT2D eigenvalue weighted by Crippen LogP contribution is -2.26. The summed E-state index contributed by atoms with van der Waals surface area (Å²) in [4.78, 5) is 2.67. The summed E-state index contributed by atoms with van der Waals surface area (Å²) in [5.74, 6) is 0.931. The van der Waals surface area contributed by atoms with Crippen LogP contribution in [0.4, 0.5) is 0 Å². The molecule has 0 aromatic rings. The van der Waals surface area contributed by atoms with Crippen molar-refractivity contribution < 1.29 is 0 Å². The van der Waals surface area contributed by atoms with E-state index in [1.165, 1.54) is 38.9 Å². The fourth-order valence-electron chi connectivity index (χ4n) is 2.09. The summed E-state index contributed by atoms with van der Waals surface area (Å²) in [5, 5.41) is 3.26. The van der Waals surface area contributed by atoms with Crippen LogP contribution in [0.5, 0.6) is 0 Å². The number of likely N-dealkylation sites (tertiary alicyclic amines) is 1. The van der Waals surface area contributed by atoms with Crippen molar-refractivity contribution >= 4 is 0 Å². The standard InChI is InChI=1S/C9H18N2/c1-10-6-8-4-5-11(7-8)9-2-3-9/h8-10H,2-7H2,1H3. The Morgan fingerprint density at radius 2 is 2.18 bits per heavy atom. The maximum atomic E-state index is 3.26. The molecule has 1 aliphatic heterocycles. The molecule has 11 heavy (non-hydrogen) atoms. The molecule has 1 saturated heterocycles. The van der Waals surface area contributed by atoms with E-state index in [1.54, 1.807) is 0 Å². The molecule has 0 spiro atoms. The van der Waals surface area contributed by atoms with Crippen molar-refractivity contribution in [2.45, 2.75) is 25.3 Å². The van der Waals surface area contributed by atoms with Crippen molar-refractivity contribution in [3.05, 3.63) is 0 Å². The van der Waals surface area contributed by atoms with Crippen LogP contribution < -0.4 is 5.32 Å². The van der Waals surface area contributed by atoms with Crippen molar-refractivity contribution in [2.24, 2.45) is 5.92 Å². The van der Waals surface area contributed by atoms with Crippen LogP contribution in [0.3, 0.4) is 0 Å². The van der Waals surface area contributed by atoms with Crippen LogP contribution >= 0.6 is 0 Å². The monoisotopic (exact) mass is 154 g/mol. The minimum absolute atomic E-state index is 0.931. The molecular formula is C9H18N2. The van der Waals surface area contributed by atoms with Gasteiger partial charge in [-0.3, -0.25) is 0 Å². The van der Waals surface area contributed by atoms with Gasteiger partial charge in [-0.25, -0.2) is 0 Å². The highest BCUT2D eigenvalue weighted by Crippen LogP contribution is 2.31. The van der Waals surface area contributed by atoms with Gasteiger partial charge in [-0.1, -0.05) is 0 Å². The fraction of sp³-hybridized carbons (Fsp3) is 1.00. The first-order valence-corrected chi connectivity index (χ1v) is 4.79. The zero-order chi connectivity index (χ0) is 7.68. The Labute approximate surface area is 69.0 Å². The molecular weight excluding hydrogens is 136 g/mol. The number of rotatable bonds is 3. The topological polar surface area (TPSA) is 15.3 Å². The van der Waals surface area contributed by atoms with Crippen molar-refractivity contribution in [1.82, 2.24) is 10.2 Å². The number of hydrogen-bond donors (Lipinski definition) is 1. The van der Waals surface area contributed by atoms with Gasteiger partial charge in [0, 0.05) is 12.6 Å². The van der Waals surface area contributed by atoms with E-state index in [2.05, 4.69) is 17.3 Å². The Kier molecular flexibility index (Phi) is 2.14. The summed E-state index contributed by atoms with van der Waals surface area (Å²) in [6.45, 7) is 3.92. The molecule has 2 aliphatic rings. The van der Waals surface area contributed by atoms with E-state index >= 15 is 0 Å². The summed E-state index contributed by atoms with van der Waals surface area (Å²) in [6.07, 6.45) is 4.34. The molecule has 1 atom stereocenters. The van der Waals surface area contributed by atoms with Gasteiger partial charge < -0.3 is 10.2 Å². The Morgan fingerprint density at radius 1 is 1.36 bits per heavy atom. The average Bonchev–Trinajstić information content (AvgIpc) is 2.75. The van der Waals surface area contributed by atoms with Gasteiger partial charge in [-0.2, -0.15) is 0 Å². The zero-order valence-corrected chi connectivity index (χ0v) is 7.34. The summed E-state index contributed by atoms with van der Waals surface area (Å²) >= 11 is 0. The summed E-state index contributed by atoms with van der Waals surface area (Å²) in [5.41, 5.74) is 0. The minimum atomic E-state index is 0.931. The lowest BCUT2D eigenvalue weighted by molar-refractivity contribution is 0.313. The second-order valence-corrected chi connectivity index (χ2v) is 3.94. The summed E-state index contributed by atoms with van der Waals surface area (Å²) < 4.78 is 0. The molecule has 0 aromatic heterocycles. The second-order valence-electron chi connectivity index (χ2n) is 3.94. The van der Waals surface area contributed by atoms with Gasteiger partial charge in [0.2, 0.25) is 0 Å². The molecule has 1 saturated carbocycles. The van der Waals surface area contributed by atoms with E-state index in [9.17, 15) is 0 Å². The predicted molar refractivity (Wildman–Crippen MR) is 46.6 cm³/mol. The van der Waals surface area contributed by atoms with Crippen LogP contribution in [0.2, 0.25) is 0 Å². The summed E-state index contributed by atoms with van der Waals surface area (Å²) in [6, 6.07) is 0.983. The molecule has 2 heteroatoms. The van der Waals surface area contributed by atoms with Gasteiger partial charge in [0.25, 0.3) is 0 Å². The maximum absolute atomic E-state index is 3.26. The van der Waals surface area contributed by atoms with Crippen molar-refractivity contribution in [2.75, 3.05) is 26.7 Å². The van der Waals surface area contributed by atoms with Gasteiger partial charge >= 0.3 is 0 Å². The third-order valence-corrected chi connectivity index (χ3v) is 2.87. The highest BCUT2D eigenvalue weighted by atomic mass is 15.2. The quantitative estimate of drug-likeness (QED) is 0.643. The number of nitrogens with zero attached hydrogens (tertiary/aromatic N) is 1. The van der Waals surface area contributed by atoms with E-state index in [0.717, 1.165) is 12.0 Å². The molecule has 1 heterocycles. The third-order valence-electron chi connectivity index (χ3n) is 2.87. The molecule has 0 amide bonds. The molecule has 0 radical (unpaired) electrons. The van der Waals surface area contributed by atoms with Gasteiger partial charge in [0.05, 0.1) is 0 Å². The predicted octanol–water partition coefficient (Wildman–Crippen LogP) is 0.690. The number of nitrogens with one attached hydrogen (secondary N) is 1. The van der Waals surface area contributed by atoms with Gasteiger partial charge in [-0.05, 0) is 45.3 Å². The first kappa shape index (κ1) is 7.56. The molecule has 1 N–H and O–H groups in total. The molecule has 1 unspecified atom stereocenters. The van der Waals surface area contributed by atoms with Crippen molar-refractivity contribution in [1.29, 1.82) is 0 Å². The normalized spacial score (nSPS) is 33.0. The Hall–Kier alpha value is -0.0800. The lowest BCUT2D eigenvalue weighted by atomic mass is 10.1. The van der Waals surface area contributed by atoms with Gasteiger partial charge in [-0.15, -0.1) is 0 Å². The highest BCUT2D eigenvalue weighted by Gasteiger charge is 2.33. The van der Waals surface area contributed by atoms with E-state index < -0.39 is 0 Å². The summed E-state index contributed by atoms with van der Waals surface area (Å²) in [7, 11) is 2.06. The first-order chi connectivity index (χ1) is 5.40. The molecule has 1 aliphatic carbocycles.